The lowest BCUT2D eigenvalue weighted by molar-refractivity contribution is -0.120. The summed E-state index contributed by atoms with van der Waals surface area (Å²) in [6, 6.07) is 5.56. The summed E-state index contributed by atoms with van der Waals surface area (Å²) >= 11 is 0. The lowest BCUT2D eigenvalue weighted by Gasteiger charge is -2.12. The first-order valence-corrected chi connectivity index (χ1v) is 8.12. The van der Waals surface area contributed by atoms with Crippen molar-refractivity contribution in [3.05, 3.63) is 53.8 Å². The van der Waals surface area contributed by atoms with Gasteiger partial charge >= 0.3 is 0 Å². The number of carbonyl (C=O) groups excluding carboxylic acids is 2. The summed E-state index contributed by atoms with van der Waals surface area (Å²) in [5.74, 6) is -0.0207. The predicted octanol–water partition coefficient (Wildman–Crippen LogP) is 0.686. The Morgan fingerprint density at radius 2 is 2.07 bits per heavy atom. The van der Waals surface area contributed by atoms with Gasteiger partial charge in [-0.3, -0.25) is 9.59 Å². The molecule has 0 saturated carbocycles. The van der Waals surface area contributed by atoms with Gasteiger partial charge in [0.25, 0.3) is 5.91 Å². The first-order chi connectivity index (χ1) is 13.0. The highest BCUT2D eigenvalue weighted by Gasteiger charge is 2.23. The number of fused-ring (bicyclic) bond motifs is 1. The lowest BCUT2D eigenvalue weighted by atomic mass is 10.1. The van der Waals surface area contributed by atoms with E-state index in [0.717, 1.165) is 0 Å². The molecule has 0 saturated heterocycles. The number of rotatable bonds is 7. The van der Waals surface area contributed by atoms with Crippen molar-refractivity contribution in [2.75, 3.05) is 6.61 Å². The standard InChI is InChI=1S/C18H18N4O5/c1-10-16(18(25)22-13(8-23)17(19)24)12-7-11(3-4-14(12)27-10)26-9-15-20-5-2-6-21-15/h2-7,13,23H,8-9H2,1H3,(H2,19,24)(H,22,25). The molecule has 0 bridgehead atoms. The van der Waals surface area contributed by atoms with Gasteiger partial charge in [0.15, 0.2) is 5.82 Å². The molecule has 1 unspecified atom stereocenters. The largest absolute Gasteiger partial charge is 0.486 e. The van der Waals surface area contributed by atoms with Crippen molar-refractivity contribution < 1.29 is 23.8 Å². The molecule has 3 aromatic rings. The Labute approximate surface area is 154 Å². The number of aryl methyl sites for hydroxylation is 1. The average Bonchev–Trinajstić information content (AvgIpc) is 3.00. The molecule has 0 aliphatic heterocycles. The van der Waals surface area contributed by atoms with E-state index in [1.807, 2.05) is 0 Å². The van der Waals surface area contributed by atoms with E-state index in [9.17, 15) is 14.7 Å². The quantitative estimate of drug-likeness (QED) is 0.555. The fourth-order valence-electron chi connectivity index (χ4n) is 2.56. The van der Waals surface area contributed by atoms with Crippen molar-refractivity contribution >= 4 is 22.8 Å². The first-order valence-electron chi connectivity index (χ1n) is 8.12. The number of hydrogen-bond acceptors (Lipinski definition) is 7. The summed E-state index contributed by atoms with van der Waals surface area (Å²) in [7, 11) is 0. The van der Waals surface area contributed by atoms with E-state index < -0.39 is 24.5 Å². The van der Waals surface area contributed by atoms with Crippen molar-refractivity contribution in [2.24, 2.45) is 5.73 Å². The number of aliphatic hydroxyl groups is 1. The molecule has 0 aliphatic carbocycles. The number of hydrogen-bond donors (Lipinski definition) is 3. The smallest absolute Gasteiger partial charge is 0.256 e. The molecule has 2 heterocycles. The Kier molecular flexibility index (Phi) is 5.32. The molecule has 0 aliphatic rings. The molecular formula is C18H18N4O5. The molecule has 0 fully saturated rings. The van der Waals surface area contributed by atoms with E-state index in [4.69, 9.17) is 14.9 Å². The zero-order valence-electron chi connectivity index (χ0n) is 14.5. The third-order valence-electron chi connectivity index (χ3n) is 3.88. The Morgan fingerprint density at radius 1 is 1.33 bits per heavy atom. The molecule has 2 aromatic heterocycles. The fourth-order valence-corrected chi connectivity index (χ4v) is 2.56. The van der Waals surface area contributed by atoms with Gasteiger partial charge in [0.2, 0.25) is 5.91 Å². The van der Waals surface area contributed by atoms with Crippen LogP contribution in [0.5, 0.6) is 5.75 Å². The van der Waals surface area contributed by atoms with E-state index in [-0.39, 0.29) is 12.2 Å². The number of nitrogens with one attached hydrogen (secondary N) is 1. The van der Waals surface area contributed by atoms with Gasteiger partial charge in [0.1, 0.15) is 29.7 Å². The number of ether oxygens (including phenoxy) is 1. The Morgan fingerprint density at radius 3 is 2.74 bits per heavy atom. The molecule has 140 valence electrons. The minimum atomic E-state index is -1.18. The maximum absolute atomic E-state index is 12.6. The second-order valence-electron chi connectivity index (χ2n) is 5.76. The van der Waals surface area contributed by atoms with Gasteiger partial charge in [-0.25, -0.2) is 9.97 Å². The van der Waals surface area contributed by atoms with Gasteiger partial charge in [0.05, 0.1) is 12.2 Å². The lowest BCUT2D eigenvalue weighted by Crippen LogP contribution is -2.46. The van der Waals surface area contributed by atoms with Crippen LogP contribution in [-0.2, 0) is 11.4 Å². The van der Waals surface area contributed by atoms with Crippen LogP contribution in [0.1, 0.15) is 21.9 Å². The van der Waals surface area contributed by atoms with E-state index in [0.29, 0.717) is 28.3 Å². The number of aliphatic hydroxyl groups excluding tert-OH is 1. The number of nitrogens with zero attached hydrogens (tertiary/aromatic N) is 2. The Balaban J connectivity index is 1.86. The van der Waals surface area contributed by atoms with Crippen LogP contribution in [0.25, 0.3) is 11.0 Å². The van der Waals surface area contributed by atoms with E-state index >= 15 is 0 Å². The maximum atomic E-state index is 12.6. The van der Waals surface area contributed by atoms with Crippen molar-refractivity contribution in [3.8, 4) is 5.75 Å². The third kappa shape index (κ3) is 4.04. The monoisotopic (exact) mass is 370 g/mol. The van der Waals surface area contributed by atoms with E-state index in [1.54, 1.807) is 43.6 Å². The van der Waals surface area contributed by atoms with Crippen LogP contribution in [-0.4, -0.2) is 39.5 Å². The second kappa shape index (κ2) is 7.83. The van der Waals surface area contributed by atoms with Crippen LogP contribution in [0.3, 0.4) is 0 Å². The van der Waals surface area contributed by atoms with Gasteiger partial charge in [0, 0.05) is 17.8 Å². The number of nitrogens with two attached hydrogens (primary N) is 1. The Bertz CT molecular complexity index is 971. The molecule has 3 rings (SSSR count). The van der Waals surface area contributed by atoms with Gasteiger partial charge in [-0.1, -0.05) is 0 Å². The summed E-state index contributed by atoms with van der Waals surface area (Å²) in [6.07, 6.45) is 3.24. The molecule has 0 spiro atoms. The average molecular weight is 370 g/mol. The molecule has 27 heavy (non-hydrogen) atoms. The van der Waals surface area contributed by atoms with Crippen molar-refractivity contribution in [3.63, 3.8) is 0 Å². The number of carbonyl (C=O) groups is 2. The van der Waals surface area contributed by atoms with Gasteiger partial charge in [-0.05, 0) is 31.2 Å². The minimum Gasteiger partial charge on any atom is -0.486 e. The third-order valence-corrected chi connectivity index (χ3v) is 3.88. The maximum Gasteiger partial charge on any atom is 0.256 e. The molecule has 1 aromatic carbocycles. The number of primary amides is 1. The number of amides is 2. The van der Waals surface area contributed by atoms with Crippen molar-refractivity contribution in [1.82, 2.24) is 15.3 Å². The summed E-state index contributed by atoms with van der Waals surface area (Å²) in [4.78, 5) is 32.0. The van der Waals surface area contributed by atoms with Crippen molar-refractivity contribution in [2.45, 2.75) is 19.6 Å². The molecular weight excluding hydrogens is 352 g/mol. The summed E-state index contributed by atoms with van der Waals surface area (Å²) < 4.78 is 11.3. The van der Waals surface area contributed by atoms with Crippen LogP contribution in [0.15, 0.2) is 41.1 Å². The zero-order valence-corrected chi connectivity index (χ0v) is 14.5. The molecule has 9 nitrogen and oxygen atoms in total. The molecule has 1 atom stereocenters. The zero-order chi connectivity index (χ0) is 19.4. The van der Waals surface area contributed by atoms with Crippen LogP contribution in [0, 0.1) is 6.92 Å². The summed E-state index contributed by atoms with van der Waals surface area (Å²) in [5, 5.41) is 12.1. The van der Waals surface area contributed by atoms with E-state index in [1.165, 1.54) is 0 Å². The SMILES string of the molecule is Cc1oc2ccc(OCc3ncccn3)cc2c1C(=O)NC(CO)C(N)=O. The van der Waals surface area contributed by atoms with Crippen LogP contribution >= 0.6 is 0 Å². The van der Waals surface area contributed by atoms with Crippen LogP contribution < -0.4 is 15.8 Å². The highest BCUT2D eigenvalue weighted by molar-refractivity contribution is 6.08. The molecule has 2 amide bonds. The topological polar surface area (TPSA) is 141 Å². The normalized spacial score (nSPS) is 11.9. The van der Waals surface area contributed by atoms with Gasteiger partial charge in [-0.15, -0.1) is 0 Å². The Hall–Kier alpha value is -3.46. The van der Waals surface area contributed by atoms with Crippen LogP contribution in [0.4, 0.5) is 0 Å². The number of furan rings is 1. The number of aromatic nitrogens is 2. The van der Waals surface area contributed by atoms with Crippen LogP contribution in [0.2, 0.25) is 0 Å². The van der Waals surface area contributed by atoms with Crippen molar-refractivity contribution in [1.29, 1.82) is 0 Å². The number of benzene rings is 1. The fraction of sp³-hybridized carbons (Fsp3) is 0.222. The molecule has 9 heteroatoms. The highest BCUT2D eigenvalue weighted by Crippen LogP contribution is 2.29. The summed E-state index contributed by atoms with van der Waals surface area (Å²) in [5.41, 5.74) is 5.88. The highest BCUT2D eigenvalue weighted by atomic mass is 16.5. The van der Waals surface area contributed by atoms with E-state index in [2.05, 4.69) is 15.3 Å². The van der Waals surface area contributed by atoms with Gasteiger partial charge < -0.3 is 25.3 Å². The second-order valence-corrected chi connectivity index (χ2v) is 5.76. The minimum absolute atomic E-state index is 0.166. The molecule has 4 N–H and O–H groups in total. The summed E-state index contributed by atoms with van der Waals surface area (Å²) in [6.45, 7) is 1.20. The van der Waals surface area contributed by atoms with Gasteiger partial charge in [-0.2, -0.15) is 0 Å². The first kappa shape index (κ1) is 18.3. The predicted molar refractivity (Wildman–Crippen MR) is 94.8 cm³/mol. The molecule has 0 radical (unpaired) electrons.